The van der Waals surface area contributed by atoms with Crippen molar-refractivity contribution < 1.29 is 18.0 Å². The minimum atomic E-state index is -4.38. The van der Waals surface area contributed by atoms with Crippen LogP contribution in [0.5, 0.6) is 0 Å². The highest BCUT2D eigenvalue weighted by Crippen LogP contribution is 2.30. The third-order valence-corrected chi connectivity index (χ3v) is 6.04. The van der Waals surface area contributed by atoms with Crippen LogP contribution in [0.1, 0.15) is 52.6 Å². The zero-order valence-corrected chi connectivity index (χ0v) is 17.5. The van der Waals surface area contributed by atoms with Crippen molar-refractivity contribution in [3.8, 4) is 0 Å². The number of carbonyl (C=O) groups is 1. The molecular formula is C20H25F3N4OS. The largest absolute Gasteiger partial charge is 0.417 e. The molecule has 2 aromatic heterocycles. The molecule has 3 rings (SSSR count). The van der Waals surface area contributed by atoms with Crippen LogP contribution in [0, 0.1) is 12.8 Å². The van der Waals surface area contributed by atoms with Crippen molar-refractivity contribution >= 4 is 23.1 Å². The Kier molecular flexibility index (Phi) is 6.45. The number of rotatable bonds is 5. The van der Waals surface area contributed by atoms with Crippen molar-refractivity contribution in [3.05, 3.63) is 39.5 Å². The van der Waals surface area contributed by atoms with Crippen LogP contribution in [-0.4, -0.2) is 35.0 Å². The predicted molar refractivity (Wildman–Crippen MR) is 107 cm³/mol. The van der Waals surface area contributed by atoms with Gasteiger partial charge in [0.15, 0.2) is 0 Å². The van der Waals surface area contributed by atoms with Crippen molar-refractivity contribution in [2.75, 3.05) is 18.0 Å². The Hall–Kier alpha value is -2.16. The second-order valence-electron chi connectivity index (χ2n) is 7.76. The summed E-state index contributed by atoms with van der Waals surface area (Å²) in [7, 11) is 0. The molecule has 0 aliphatic carbocycles. The first kappa shape index (κ1) is 21.5. The lowest BCUT2D eigenvalue weighted by Gasteiger charge is -2.33. The van der Waals surface area contributed by atoms with Gasteiger partial charge in [0.05, 0.1) is 16.3 Å². The van der Waals surface area contributed by atoms with Crippen LogP contribution >= 0.6 is 11.3 Å². The normalized spacial score (nSPS) is 15.8. The number of hydrogen-bond acceptors (Lipinski definition) is 5. The number of halogens is 3. The SMILES string of the molecule is Cc1nc(CC(C)C)sc1C(=O)NC1CCN(c2ccc(C(F)(F)F)cn2)CC1. The Morgan fingerprint density at radius 1 is 1.31 bits per heavy atom. The van der Waals surface area contributed by atoms with Gasteiger partial charge >= 0.3 is 6.18 Å². The minimum Gasteiger partial charge on any atom is -0.356 e. The van der Waals surface area contributed by atoms with Gasteiger partial charge in [-0.1, -0.05) is 13.8 Å². The molecule has 3 heterocycles. The second kappa shape index (κ2) is 8.69. The van der Waals surface area contributed by atoms with E-state index in [1.54, 1.807) is 0 Å². The van der Waals surface area contributed by atoms with E-state index in [0.29, 0.717) is 42.5 Å². The summed E-state index contributed by atoms with van der Waals surface area (Å²) in [5.74, 6) is 0.917. The molecule has 0 aromatic carbocycles. The first-order valence-electron chi connectivity index (χ1n) is 9.69. The molecule has 0 spiro atoms. The van der Waals surface area contributed by atoms with Crippen molar-refractivity contribution in [3.63, 3.8) is 0 Å². The Morgan fingerprint density at radius 2 is 2.00 bits per heavy atom. The molecule has 29 heavy (non-hydrogen) atoms. The number of piperidine rings is 1. The number of aryl methyl sites for hydroxylation is 1. The minimum absolute atomic E-state index is 0.0308. The van der Waals surface area contributed by atoms with E-state index in [9.17, 15) is 18.0 Å². The number of aromatic nitrogens is 2. The summed E-state index contributed by atoms with van der Waals surface area (Å²) in [5, 5.41) is 4.06. The van der Waals surface area contributed by atoms with E-state index in [4.69, 9.17) is 0 Å². The molecule has 1 saturated heterocycles. The number of thiazole rings is 1. The van der Waals surface area contributed by atoms with Gasteiger partial charge in [0.1, 0.15) is 10.7 Å². The summed E-state index contributed by atoms with van der Waals surface area (Å²) in [6.45, 7) is 7.35. The monoisotopic (exact) mass is 426 g/mol. The first-order chi connectivity index (χ1) is 13.6. The molecule has 2 aromatic rings. The maximum Gasteiger partial charge on any atom is 0.417 e. The molecule has 0 atom stereocenters. The van der Waals surface area contributed by atoms with Gasteiger partial charge in [0.25, 0.3) is 5.91 Å². The molecular weight excluding hydrogens is 401 g/mol. The van der Waals surface area contributed by atoms with Crippen LogP contribution < -0.4 is 10.2 Å². The van der Waals surface area contributed by atoms with Crippen LogP contribution in [-0.2, 0) is 12.6 Å². The van der Waals surface area contributed by atoms with Crippen molar-refractivity contribution in [2.45, 2.75) is 52.3 Å². The highest BCUT2D eigenvalue weighted by Gasteiger charge is 2.31. The number of nitrogens with zero attached hydrogens (tertiary/aromatic N) is 3. The van der Waals surface area contributed by atoms with Gasteiger partial charge in [-0.25, -0.2) is 9.97 Å². The molecule has 1 aliphatic heterocycles. The molecule has 1 amide bonds. The van der Waals surface area contributed by atoms with Crippen LogP contribution in [0.2, 0.25) is 0 Å². The Labute approximate surface area is 172 Å². The van der Waals surface area contributed by atoms with Crippen LogP contribution in [0.3, 0.4) is 0 Å². The van der Waals surface area contributed by atoms with E-state index in [1.165, 1.54) is 17.4 Å². The lowest BCUT2D eigenvalue weighted by molar-refractivity contribution is -0.137. The Balaban J connectivity index is 1.54. The molecule has 1 N–H and O–H groups in total. The quantitative estimate of drug-likeness (QED) is 0.767. The lowest BCUT2D eigenvalue weighted by atomic mass is 10.0. The Morgan fingerprint density at radius 3 is 2.55 bits per heavy atom. The van der Waals surface area contributed by atoms with E-state index in [0.717, 1.165) is 29.4 Å². The average molecular weight is 427 g/mol. The number of hydrogen-bond donors (Lipinski definition) is 1. The van der Waals surface area contributed by atoms with Gasteiger partial charge in [-0.05, 0) is 37.8 Å². The second-order valence-corrected chi connectivity index (χ2v) is 8.84. The molecule has 9 heteroatoms. The lowest BCUT2D eigenvalue weighted by Crippen LogP contribution is -2.45. The molecule has 1 aliphatic rings. The van der Waals surface area contributed by atoms with Gasteiger partial charge in [-0.3, -0.25) is 4.79 Å². The number of nitrogens with one attached hydrogen (secondary N) is 1. The third kappa shape index (κ3) is 5.46. The Bertz CT molecular complexity index is 840. The highest BCUT2D eigenvalue weighted by molar-refractivity contribution is 7.13. The van der Waals surface area contributed by atoms with Crippen molar-refractivity contribution in [2.24, 2.45) is 5.92 Å². The fourth-order valence-electron chi connectivity index (χ4n) is 3.34. The topological polar surface area (TPSA) is 58.1 Å². The first-order valence-corrected chi connectivity index (χ1v) is 10.5. The summed E-state index contributed by atoms with van der Waals surface area (Å²) in [5.41, 5.74) is 0.00898. The van der Waals surface area contributed by atoms with E-state index < -0.39 is 11.7 Å². The molecule has 158 valence electrons. The maximum atomic E-state index is 12.7. The number of alkyl halides is 3. The van der Waals surface area contributed by atoms with Crippen LogP contribution in [0.4, 0.5) is 19.0 Å². The summed E-state index contributed by atoms with van der Waals surface area (Å²) in [4.78, 5) is 23.7. The molecule has 0 radical (unpaired) electrons. The average Bonchev–Trinajstić information content (AvgIpc) is 3.01. The number of anilines is 1. The third-order valence-electron chi connectivity index (χ3n) is 4.86. The van der Waals surface area contributed by atoms with Gasteiger partial charge < -0.3 is 10.2 Å². The molecule has 0 unspecified atom stereocenters. The highest BCUT2D eigenvalue weighted by atomic mass is 32.1. The van der Waals surface area contributed by atoms with E-state index in [1.807, 2.05) is 11.8 Å². The smallest absolute Gasteiger partial charge is 0.356 e. The summed E-state index contributed by atoms with van der Waals surface area (Å²) in [6.07, 6.45) is -1.23. The molecule has 5 nitrogen and oxygen atoms in total. The van der Waals surface area contributed by atoms with Gasteiger partial charge in [0.2, 0.25) is 0 Å². The molecule has 0 saturated carbocycles. The zero-order valence-electron chi connectivity index (χ0n) is 16.7. The number of carbonyl (C=O) groups excluding carboxylic acids is 1. The maximum absolute atomic E-state index is 12.7. The van der Waals surface area contributed by atoms with E-state index in [2.05, 4.69) is 29.1 Å². The van der Waals surface area contributed by atoms with Crippen LogP contribution in [0.15, 0.2) is 18.3 Å². The zero-order chi connectivity index (χ0) is 21.2. The summed E-state index contributed by atoms with van der Waals surface area (Å²) >= 11 is 1.45. The van der Waals surface area contributed by atoms with Crippen molar-refractivity contribution in [1.82, 2.24) is 15.3 Å². The standard InChI is InChI=1S/C20H25F3N4OS/c1-12(2)10-17-25-13(3)18(29-17)19(28)26-15-6-8-27(9-7-15)16-5-4-14(11-24-16)20(21,22)23/h4-5,11-12,15H,6-10H2,1-3H3,(H,26,28). The van der Waals surface area contributed by atoms with Crippen molar-refractivity contribution in [1.29, 1.82) is 0 Å². The van der Waals surface area contributed by atoms with E-state index in [-0.39, 0.29) is 11.9 Å². The summed E-state index contributed by atoms with van der Waals surface area (Å²) < 4.78 is 38.0. The fourth-order valence-corrected chi connectivity index (χ4v) is 4.52. The fraction of sp³-hybridized carbons (Fsp3) is 0.550. The molecule has 1 fully saturated rings. The number of pyridine rings is 1. The van der Waals surface area contributed by atoms with Gasteiger partial charge in [-0.2, -0.15) is 13.2 Å². The van der Waals surface area contributed by atoms with Gasteiger partial charge in [0, 0.05) is 31.7 Å². The van der Waals surface area contributed by atoms with Gasteiger partial charge in [-0.15, -0.1) is 11.3 Å². The predicted octanol–water partition coefficient (Wildman–Crippen LogP) is 4.46. The van der Waals surface area contributed by atoms with Crippen LogP contribution in [0.25, 0.3) is 0 Å². The molecule has 0 bridgehead atoms. The summed E-state index contributed by atoms with van der Waals surface area (Å²) in [6, 6.07) is 2.49. The number of amides is 1. The van der Waals surface area contributed by atoms with E-state index >= 15 is 0 Å².